The molecule has 3 aromatic heterocycles. The van der Waals surface area contributed by atoms with Crippen LogP contribution in [0, 0.1) is 0 Å². The number of hydrogen-bond acceptors (Lipinski definition) is 4. The number of rotatable bonds is 4. The molecule has 0 atom stereocenters. The molecule has 150 valence electrons. The van der Waals surface area contributed by atoms with Crippen LogP contribution in [0.25, 0.3) is 16.4 Å². The van der Waals surface area contributed by atoms with Gasteiger partial charge in [0.05, 0.1) is 23.8 Å². The second-order valence-corrected chi connectivity index (χ2v) is 7.46. The van der Waals surface area contributed by atoms with E-state index in [1.807, 2.05) is 53.3 Å². The van der Waals surface area contributed by atoms with E-state index in [0.29, 0.717) is 18.9 Å². The van der Waals surface area contributed by atoms with E-state index in [1.165, 1.54) is 5.56 Å². The second kappa shape index (κ2) is 8.35. The zero-order valence-electron chi connectivity index (χ0n) is 16.1. The van der Waals surface area contributed by atoms with Crippen LogP contribution in [-0.2, 0) is 13.0 Å². The quantitative estimate of drug-likeness (QED) is 0.562. The molecule has 7 heteroatoms. The summed E-state index contributed by atoms with van der Waals surface area (Å²) in [5.74, 6) is 0.437. The fourth-order valence-electron chi connectivity index (χ4n) is 4.22. The van der Waals surface area contributed by atoms with Gasteiger partial charge in [-0.1, -0.05) is 24.3 Å². The van der Waals surface area contributed by atoms with Gasteiger partial charge in [0.25, 0.3) is 5.56 Å². The molecule has 29 heavy (non-hydrogen) atoms. The Labute approximate surface area is 175 Å². The van der Waals surface area contributed by atoms with Crippen molar-refractivity contribution in [3.8, 4) is 0 Å². The standard InChI is InChI=1S/C22H23N5O.ClH/c28-22-21-17(4-3-5-19(21)16-7-10-23-11-8-16)14-24-27(22)13-9-18-15-26-12-2-1-6-20(26)25-18;/h1-6,12,14-16,23H,7-11,13H2;1H. The van der Waals surface area contributed by atoms with E-state index < -0.39 is 0 Å². The number of hydrogen-bond donors (Lipinski definition) is 1. The summed E-state index contributed by atoms with van der Waals surface area (Å²) >= 11 is 0. The monoisotopic (exact) mass is 409 g/mol. The Morgan fingerprint density at radius 1 is 1.10 bits per heavy atom. The smallest absolute Gasteiger partial charge is 0.274 e. The lowest BCUT2D eigenvalue weighted by molar-refractivity contribution is 0.462. The van der Waals surface area contributed by atoms with Crippen LogP contribution >= 0.6 is 12.4 Å². The lowest BCUT2D eigenvalue weighted by atomic mass is 9.87. The van der Waals surface area contributed by atoms with E-state index >= 15 is 0 Å². The van der Waals surface area contributed by atoms with Crippen molar-refractivity contribution < 1.29 is 0 Å². The highest BCUT2D eigenvalue weighted by molar-refractivity contribution is 5.85. The molecule has 0 amide bonds. The lowest BCUT2D eigenvalue weighted by Crippen LogP contribution is -2.29. The molecule has 1 N–H and O–H groups in total. The number of imidazole rings is 1. The molecule has 0 aliphatic carbocycles. The Balaban J connectivity index is 0.00000205. The van der Waals surface area contributed by atoms with Crippen molar-refractivity contribution in [2.24, 2.45) is 0 Å². The number of pyridine rings is 1. The molecule has 1 aliphatic heterocycles. The molecular weight excluding hydrogens is 386 g/mol. The van der Waals surface area contributed by atoms with Crippen molar-refractivity contribution >= 4 is 28.8 Å². The summed E-state index contributed by atoms with van der Waals surface area (Å²) in [7, 11) is 0. The second-order valence-electron chi connectivity index (χ2n) is 7.46. The summed E-state index contributed by atoms with van der Waals surface area (Å²) < 4.78 is 3.60. The Hall–Kier alpha value is -2.70. The van der Waals surface area contributed by atoms with Crippen LogP contribution in [0.2, 0.25) is 0 Å². The van der Waals surface area contributed by atoms with Gasteiger partial charge in [0.15, 0.2) is 0 Å². The van der Waals surface area contributed by atoms with Crippen molar-refractivity contribution in [2.45, 2.75) is 31.7 Å². The van der Waals surface area contributed by atoms with E-state index in [1.54, 1.807) is 4.68 Å². The SMILES string of the molecule is Cl.O=c1c2c(C3CCNCC3)cccc2cnn1CCc1cn2ccccc2n1. The van der Waals surface area contributed by atoms with Gasteiger partial charge in [0.1, 0.15) is 5.65 Å². The van der Waals surface area contributed by atoms with Crippen molar-refractivity contribution in [1.29, 1.82) is 0 Å². The summed E-state index contributed by atoms with van der Waals surface area (Å²) in [4.78, 5) is 17.9. The number of benzene rings is 1. The largest absolute Gasteiger partial charge is 0.317 e. The van der Waals surface area contributed by atoms with Gasteiger partial charge in [-0.15, -0.1) is 12.4 Å². The number of nitrogens with one attached hydrogen (secondary N) is 1. The predicted octanol–water partition coefficient (Wildman–Crippen LogP) is 3.18. The van der Waals surface area contributed by atoms with Gasteiger partial charge in [-0.3, -0.25) is 4.79 Å². The topological polar surface area (TPSA) is 64.2 Å². The van der Waals surface area contributed by atoms with Gasteiger partial charge >= 0.3 is 0 Å². The molecule has 6 nitrogen and oxygen atoms in total. The van der Waals surface area contributed by atoms with Crippen LogP contribution in [0.1, 0.15) is 30.0 Å². The van der Waals surface area contributed by atoms with Gasteiger partial charge in [-0.25, -0.2) is 9.67 Å². The van der Waals surface area contributed by atoms with Crippen LogP contribution in [-0.4, -0.2) is 32.3 Å². The van der Waals surface area contributed by atoms with E-state index in [4.69, 9.17) is 0 Å². The van der Waals surface area contributed by atoms with E-state index in [-0.39, 0.29) is 18.0 Å². The molecule has 0 saturated carbocycles. The maximum Gasteiger partial charge on any atom is 0.274 e. The molecule has 5 rings (SSSR count). The number of nitrogens with zero attached hydrogens (tertiary/aromatic N) is 4. The first-order valence-electron chi connectivity index (χ1n) is 9.92. The molecule has 1 fully saturated rings. The molecule has 1 aromatic carbocycles. The third kappa shape index (κ3) is 3.78. The molecule has 1 aliphatic rings. The summed E-state index contributed by atoms with van der Waals surface area (Å²) in [6.45, 7) is 2.54. The van der Waals surface area contributed by atoms with E-state index in [0.717, 1.165) is 48.0 Å². The van der Waals surface area contributed by atoms with Crippen LogP contribution in [0.3, 0.4) is 0 Å². The summed E-state index contributed by atoms with van der Waals surface area (Å²) in [6, 6.07) is 12.1. The van der Waals surface area contributed by atoms with Crippen molar-refractivity contribution in [1.82, 2.24) is 24.5 Å². The van der Waals surface area contributed by atoms with Crippen LogP contribution in [0.5, 0.6) is 0 Å². The van der Waals surface area contributed by atoms with Crippen LogP contribution in [0.15, 0.2) is 59.8 Å². The maximum absolute atomic E-state index is 13.2. The molecule has 4 heterocycles. The molecule has 1 saturated heterocycles. The number of fused-ring (bicyclic) bond motifs is 2. The van der Waals surface area contributed by atoms with Crippen LogP contribution < -0.4 is 10.9 Å². The number of aryl methyl sites for hydroxylation is 2. The minimum Gasteiger partial charge on any atom is -0.317 e. The molecule has 0 bridgehead atoms. The third-order valence-electron chi connectivity index (χ3n) is 5.69. The average Bonchev–Trinajstić information content (AvgIpc) is 3.16. The zero-order chi connectivity index (χ0) is 18.9. The Kier molecular flexibility index (Phi) is 5.65. The van der Waals surface area contributed by atoms with Gasteiger partial charge in [-0.2, -0.15) is 5.10 Å². The van der Waals surface area contributed by atoms with Gasteiger partial charge in [0, 0.05) is 24.2 Å². The normalized spacial score (nSPS) is 14.9. The fraction of sp³-hybridized carbons (Fsp3) is 0.318. The predicted molar refractivity (Wildman–Crippen MR) is 117 cm³/mol. The highest BCUT2D eigenvalue weighted by Gasteiger charge is 2.19. The molecule has 0 unspecified atom stereocenters. The lowest BCUT2D eigenvalue weighted by Gasteiger charge is -2.24. The highest BCUT2D eigenvalue weighted by Crippen LogP contribution is 2.29. The van der Waals surface area contributed by atoms with Crippen molar-refractivity contribution in [2.75, 3.05) is 13.1 Å². The van der Waals surface area contributed by atoms with Gasteiger partial charge in [-0.05, 0) is 49.5 Å². The fourth-order valence-corrected chi connectivity index (χ4v) is 4.22. The van der Waals surface area contributed by atoms with E-state index in [9.17, 15) is 4.79 Å². The Morgan fingerprint density at radius 3 is 2.79 bits per heavy atom. The minimum absolute atomic E-state index is 0. The Morgan fingerprint density at radius 2 is 1.97 bits per heavy atom. The Bertz CT molecular complexity index is 1160. The summed E-state index contributed by atoms with van der Waals surface area (Å²) in [5, 5.41) is 9.59. The summed E-state index contributed by atoms with van der Waals surface area (Å²) in [5.41, 5.74) is 3.07. The highest BCUT2D eigenvalue weighted by atomic mass is 35.5. The van der Waals surface area contributed by atoms with Crippen molar-refractivity contribution in [3.63, 3.8) is 0 Å². The zero-order valence-corrected chi connectivity index (χ0v) is 16.9. The molecular formula is C22H24ClN5O. The maximum atomic E-state index is 13.2. The number of piperidine rings is 1. The van der Waals surface area contributed by atoms with E-state index in [2.05, 4.69) is 21.5 Å². The first kappa shape index (κ1) is 19.6. The van der Waals surface area contributed by atoms with Crippen molar-refractivity contribution in [3.05, 3.63) is 76.6 Å². The third-order valence-corrected chi connectivity index (χ3v) is 5.69. The van der Waals surface area contributed by atoms with Crippen LogP contribution in [0.4, 0.5) is 0 Å². The van der Waals surface area contributed by atoms with Gasteiger partial charge < -0.3 is 9.72 Å². The first-order valence-corrected chi connectivity index (χ1v) is 9.92. The van der Waals surface area contributed by atoms with Gasteiger partial charge in [0.2, 0.25) is 0 Å². The molecule has 0 spiro atoms. The molecule has 4 aromatic rings. The number of aromatic nitrogens is 4. The number of halogens is 1. The molecule has 0 radical (unpaired) electrons. The first-order chi connectivity index (χ1) is 13.8. The average molecular weight is 410 g/mol. The summed E-state index contributed by atoms with van der Waals surface area (Å²) in [6.07, 6.45) is 8.64. The minimum atomic E-state index is 0.